The Bertz CT molecular complexity index is 436. The van der Waals surface area contributed by atoms with Gasteiger partial charge >= 0.3 is 0 Å². The van der Waals surface area contributed by atoms with Crippen molar-refractivity contribution in [3.63, 3.8) is 0 Å². The molecule has 0 radical (unpaired) electrons. The van der Waals surface area contributed by atoms with Crippen molar-refractivity contribution in [1.29, 1.82) is 0 Å². The van der Waals surface area contributed by atoms with Crippen LogP contribution < -0.4 is 5.73 Å². The lowest BCUT2D eigenvalue weighted by molar-refractivity contribution is 0.0725. The highest BCUT2D eigenvalue weighted by Gasteiger charge is 2.25. The van der Waals surface area contributed by atoms with Crippen molar-refractivity contribution < 1.29 is 9.53 Å². The first kappa shape index (κ1) is 13.4. The number of methoxy groups -OCH3 is 1. The van der Waals surface area contributed by atoms with Crippen LogP contribution in [0.3, 0.4) is 0 Å². The predicted molar refractivity (Wildman–Crippen MR) is 73.9 cm³/mol. The molecule has 0 atom stereocenters. The summed E-state index contributed by atoms with van der Waals surface area (Å²) in [4.78, 5) is 15.4. The van der Waals surface area contributed by atoms with Gasteiger partial charge in [0.1, 0.15) is 0 Å². The predicted octanol–water partition coefficient (Wildman–Crippen LogP) is 2.41. The monoisotopic (exact) mass is 268 g/mol. The van der Waals surface area contributed by atoms with Crippen LogP contribution in [0.4, 0.5) is 5.00 Å². The van der Waals surface area contributed by atoms with Gasteiger partial charge in [0.15, 0.2) is 0 Å². The van der Waals surface area contributed by atoms with Crippen LogP contribution in [0.1, 0.15) is 40.1 Å². The Labute approximate surface area is 112 Å². The van der Waals surface area contributed by atoms with E-state index in [-0.39, 0.29) is 5.91 Å². The minimum Gasteiger partial charge on any atom is -0.390 e. The molecule has 2 heterocycles. The van der Waals surface area contributed by atoms with Gasteiger partial charge in [-0.25, -0.2) is 0 Å². The molecule has 1 aliphatic heterocycles. The number of nitrogen functional groups attached to an aromatic ring is 1. The summed E-state index contributed by atoms with van der Waals surface area (Å²) >= 11 is 1.46. The zero-order valence-electron chi connectivity index (χ0n) is 11.0. The maximum absolute atomic E-state index is 12.5. The van der Waals surface area contributed by atoms with Crippen LogP contribution in [0.5, 0.6) is 0 Å². The minimum absolute atomic E-state index is 0.0864. The molecule has 1 amide bonds. The molecule has 5 heteroatoms. The first-order chi connectivity index (χ1) is 8.65. The maximum Gasteiger partial charge on any atom is 0.257 e. The standard InChI is InChI=1S/C13H20N2O2S/c1-9-10(8-17-2)18-12(14)11(9)13(16)15-6-4-3-5-7-15/h3-8,14H2,1-2H3. The quantitative estimate of drug-likeness (QED) is 0.916. The number of ether oxygens (including phenoxy) is 1. The van der Waals surface area contributed by atoms with Crippen LogP contribution in [-0.2, 0) is 11.3 Å². The summed E-state index contributed by atoms with van der Waals surface area (Å²) in [5.41, 5.74) is 7.67. The molecule has 4 nitrogen and oxygen atoms in total. The first-order valence-electron chi connectivity index (χ1n) is 6.31. The third-order valence-corrected chi connectivity index (χ3v) is 4.50. The summed E-state index contributed by atoms with van der Waals surface area (Å²) in [5.74, 6) is 0.0864. The number of amides is 1. The highest BCUT2D eigenvalue weighted by atomic mass is 32.1. The van der Waals surface area contributed by atoms with E-state index in [4.69, 9.17) is 10.5 Å². The number of likely N-dealkylation sites (tertiary alicyclic amines) is 1. The van der Waals surface area contributed by atoms with Gasteiger partial charge in [-0.3, -0.25) is 4.79 Å². The summed E-state index contributed by atoms with van der Waals surface area (Å²) in [6.07, 6.45) is 3.41. The molecule has 100 valence electrons. The highest BCUT2D eigenvalue weighted by Crippen LogP contribution is 2.32. The van der Waals surface area contributed by atoms with E-state index in [1.807, 2.05) is 11.8 Å². The van der Waals surface area contributed by atoms with E-state index in [1.54, 1.807) is 7.11 Å². The van der Waals surface area contributed by atoms with E-state index in [2.05, 4.69) is 0 Å². The Morgan fingerprint density at radius 3 is 2.67 bits per heavy atom. The molecule has 1 saturated heterocycles. The molecule has 2 rings (SSSR count). The second kappa shape index (κ2) is 5.71. The van der Waals surface area contributed by atoms with Gasteiger partial charge in [0.2, 0.25) is 0 Å². The topological polar surface area (TPSA) is 55.6 Å². The number of rotatable bonds is 3. The zero-order chi connectivity index (χ0) is 13.1. The average molecular weight is 268 g/mol. The molecule has 1 aromatic rings. The molecule has 0 saturated carbocycles. The van der Waals surface area contributed by atoms with Gasteiger partial charge in [0, 0.05) is 25.1 Å². The second-order valence-corrected chi connectivity index (χ2v) is 5.81. The average Bonchev–Trinajstić information content (AvgIpc) is 2.65. The van der Waals surface area contributed by atoms with E-state index >= 15 is 0 Å². The number of piperidine rings is 1. The molecule has 1 fully saturated rings. The van der Waals surface area contributed by atoms with Crippen LogP contribution in [0, 0.1) is 6.92 Å². The Morgan fingerprint density at radius 1 is 1.39 bits per heavy atom. The number of nitrogens with two attached hydrogens (primary N) is 1. The van der Waals surface area contributed by atoms with Crippen molar-refractivity contribution in [2.45, 2.75) is 32.8 Å². The molecule has 0 spiro atoms. The van der Waals surface area contributed by atoms with E-state index in [0.717, 1.165) is 36.4 Å². The zero-order valence-corrected chi connectivity index (χ0v) is 11.8. The Balaban J connectivity index is 2.23. The lowest BCUT2D eigenvalue weighted by atomic mass is 10.1. The van der Waals surface area contributed by atoms with E-state index in [1.165, 1.54) is 17.8 Å². The summed E-state index contributed by atoms with van der Waals surface area (Å²) in [5, 5.41) is 0.620. The fraction of sp³-hybridized carbons (Fsp3) is 0.615. The van der Waals surface area contributed by atoms with Crippen molar-refractivity contribution >= 4 is 22.2 Å². The van der Waals surface area contributed by atoms with Crippen LogP contribution >= 0.6 is 11.3 Å². The number of nitrogens with zero attached hydrogens (tertiary/aromatic N) is 1. The Kier molecular flexibility index (Phi) is 4.24. The normalized spacial score (nSPS) is 16.0. The number of hydrogen-bond acceptors (Lipinski definition) is 4. The molecular weight excluding hydrogens is 248 g/mol. The lowest BCUT2D eigenvalue weighted by Gasteiger charge is -2.27. The third-order valence-electron chi connectivity index (χ3n) is 3.41. The number of anilines is 1. The molecule has 0 bridgehead atoms. The largest absolute Gasteiger partial charge is 0.390 e. The van der Waals surface area contributed by atoms with Gasteiger partial charge in [-0.2, -0.15) is 0 Å². The van der Waals surface area contributed by atoms with Crippen molar-refractivity contribution in [1.82, 2.24) is 4.90 Å². The summed E-state index contributed by atoms with van der Waals surface area (Å²) in [6.45, 7) is 4.19. The van der Waals surface area contributed by atoms with Crippen molar-refractivity contribution in [3.05, 3.63) is 16.0 Å². The van der Waals surface area contributed by atoms with Gasteiger partial charge < -0.3 is 15.4 Å². The van der Waals surface area contributed by atoms with E-state index in [0.29, 0.717) is 17.2 Å². The number of carbonyl (C=O) groups is 1. The van der Waals surface area contributed by atoms with Gasteiger partial charge in [0.25, 0.3) is 5.91 Å². The Hall–Kier alpha value is -1.07. The molecule has 1 aromatic heterocycles. The van der Waals surface area contributed by atoms with Crippen LogP contribution in [-0.4, -0.2) is 31.0 Å². The van der Waals surface area contributed by atoms with Gasteiger partial charge in [-0.15, -0.1) is 11.3 Å². The molecular formula is C13H20N2O2S. The summed E-state index contributed by atoms with van der Waals surface area (Å²) in [6, 6.07) is 0. The molecule has 18 heavy (non-hydrogen) atoms. The fourth-order valence-corrected chi connectivity index (χ4v) is 3.41. The first-order valence-corrected chi connectivity index (χ1v) is 7.12. The van der Waals surface area contributed by atoms with Crippen LogP contribution in [0.25, 0.3) is 0 Å². The van der Waals surface area contributed by atoms with E-state index < -0.39 is 0 Å². The smallest absolute Gasteiger partial charge is 0.257 e. The fourth-order valence-electron chi connectivity index (χ4n) is 2.37. The van der Waals surface area contributed by atoms with Crippen molar-refractivity contribution in [2.75, 3.05) is 25.9 Å². The molecule has 1 aliphatic rings. The third kappa shape index (κ3) is 2.52. The van der Waals surface area contributed by atoms with Gasteiger partial charge in [-0.1, -0.05) is 0 Å². The minimum atomic E-state index is 0.0864. The van der Waals surface area contributed by atoms with Crippen LogP contribution in [0.15, 0.2) is 0 Å². The number of thiophene rings is 1. The molecule has 0 unspecified atom stereocenters. The summed E-state index contributed by atoms with van der Waals surface area (Å²) in [7, 11) is 1.65. The van der Waals surface area contributed by atoms with Crippen LogP contribution in [0.2, 0.25) is 0 Å². The van der Waals surface area contributed by atoms with Crippen molar-refractivity contribution in [2.24, 2.45) is 0 Å². The molecule has 2 N–H and O–H groups in total. The lowest BCUT2D eigenvalue weighted by Crippen LogP contribution is -2.36. The number of hydrogen-bond donors (Lipinski definition) is 1. The van der Waals surface area contributed by atoms with Gasteiger partial charge in [0.05, 0.1) is 17.2 Å². The van der Waals surface area contributed by atoms with E-state index in [9.17, 15) is 4.79 Å². The summed E-state index contributed by atoms with van der Waals surface area (Å²) < 4.78 is 5.13. The second-order valence-electron chi connectivity index (χ2n) is 4.68. The Morgan fingerprint density at radius 2 is 2.06 bits per heavy atom. The molecule has 0 aliphatic carbocycles. The number of carbonyl (C=O) groups excluding carboxylic acids is 1. The molecule has 0 aromatic carbocycles. The maximum atomic E-state index is 12.5. The van der Waals surface area contributed by atoms with Gasteiger partial charge in [-0.05, 0) is 31.7 Å². The van der Waals surface area contributed by atoms with Crippen molar-refractivity contribution in [3.8, 4) is 0 Å². The highest BCUT2D eigenvalue weighted by molar-refractivity contribution is 7.16. The SMILES string of the molecule is COCc1sc(N)c(C(=O)N2CCCCC2)c1C.